The molecule has 1 aromatic carbocycles. The molecule has 1 aliphatic rings. The molecule has 7 heteroatoms. The van der Waals surface area contributed by atoms with Crippen LogP contribution < -0.4 is 4.72 Å². The number of benzene rings is 1. The molecule has 144 valence electrons. The number of carbonyl (C=O) groups is 1. The Kier molecular flexibility index (Phi) is 5.92. The Bertz CT molecular complexity index is 913. The molecule has 1 amide bonds. The quantitative estimate of drug-likeness (QED) is 0.855. The van der Waals surface area contributed by atoms with Crippen LogP contribution in [0, 0.1) is 12.8 Å². The summed E-state index contributed by atoms with van der Waals surface area (Å²) in [4.78, 5) is 19.4. The van der Waals surface area contributed by atoms with Gasteiger partial charge in [-0.25, -0.2) is 13.1 Å². The van der Waals surface area contributed by atoms with E-state index in [9.17, 15) is 13.2 Å². The largest absolute Gasteiger partial charge is 0.338 e. The lowest BCUT2D eigenvalue weighted by molar-refractivity contribution is 0.0675. The third kappa shape index (κ3) is 5.14. The highest BCUT2D eigenvalue weighted by Crippen LogP contribution is 2.22. The minimum absolute atomic E-state index is 0.0383. The van der Waals surface area contributed by atoms with Crippen LogP contribution in [0.25, 0.3) is 11.3 Å². The van der Waals surface area contributed by atoms with Gasteiger partial charge in [-0.1, -0.05) is 30.3 Å². The van der Waals surface area contributed by atoms with E-state index in [0.29, 0.717) is 30.9 Å². The lowest BCUT2D eigenvalue weighted by Gasteiger charge is -2.33. The molecular formula is C20H25N3O3S. The number of carbonyl (C=O) groups excluding carboxylic acids is 1. The number of rotatable bonds is 5. The Hall–Kier alpha value is -2.25. The third-order valence-electron chi connectivity index (χ3n) is 4.83. The SMILES string of the molecule is Cc1nc(-c2ccccc2)ccc1C(=O)N1CCCC(CNS(C)(=O)=O)C1. The number of sulfonamides is 1. The van der Waals surface area contributed by atoms with Crippen LogP contribution in [-0.2, 0) is 10.0 Å². The van der Waals surface area contributed by atoms with E-state index in [1.807, 2.05) is 54.3 Å². The Morgan fingerprint density at radius 2 is 1.96 bits per heavy atom. The van der Waals surface area contributed by atoms with Gasteiger partial charge >= 0.3 is 0 Å². The van der Waals surface area contributed by atoms with Crippen molar-refractivity contribution < 1.29 is 13.2 Å². The van der Waals surface area contributed by atoms with Gasteiger partial charge in [0.2, 0.25) is 10.0 Å². The molecule has 6 nitrogen and oxygen atoms in total. The van der Waals surface area contributed by atoms with Crippen molar-refractivity contribution >= 4 is 15.9 Å². The second kappa shape index (κ2) is 8.19. The maximum Gasteiger partial charge on any atom is 0.255 e. The maximum absolute atomic E-state index is 13.0. The number of nitrogens with zero attached hydrogens (tertiary/aromatic N) is 2. The van der Waals surface area contributed by atoms with Gasteiger partial charge in [-0.05, 0) is 37.8 Å². The van der Waals surface area contributed by atoms with Gasteiger partial charge in [0.25, 0.3) is 5.91 Å². The third-order valence-corrected chi connectivity index (χ3v) is 5.52. The van der Waals surface area contributed by atoms with E-state index in [4.69, 9.17) is 0 Å². The number of amides is 1. The molecule has 0 spiro atoms. The van der Waals surface area contributed by atoms with Crippen molar-refractivity contribution in [2.75, 3.05) is 25.9 Å². The molecule has 2 heterocycles. The lowest BCUT2D eigenvalue weighted by Crippen LogP contribution is -2.43. The van der Waals surface area contributed by atoms with Crippen LogP contribution >= 0.6 is 0 Å². The Morgan fingerprint density at radius 1 is 1.22 bits per heavy atom. The van der Waals surface area contributed by atoms with Crippen LogP contribution in [0.3, 0.4) is 0 Å². The Labute approximate surface area is 160 Å². The molecular weight excluding hydrogens is 362 g/mol. The lowest BCUT2D eigenvalue weighted by atomic mass is 9.97. The maximum atomic E-state index is 13.0. The van der Waals surface area contributed by atoms with Gasteiger partial charge in [0, 0.05) is 25.2 Å². The standard InChI is InChI=1S/C20H25N3O3S/c1-15-18(10-11-19(22-15)17-8-4-3-5-9-17)20(24)23-12-6-7-16(14-23)13-21-27(2,25)26/h3-5,8-11,16,21H,6-7,12-14H2,1-2H3. The zero-order valence-electron chi connectivity index (χ0n) is 15.7. The van der Waals surface area contributed by atoms with Crippen molar-refractivity contribution in [1.29, 1.82) is 0 Å². The second-order valence-corrected chi connectivity index (χ2v) is 8.91. The van der Waals surface area contributed by atoms with Gasteiger partial charge in [-0.2, -0.15) is 0 Å². The number of likely N-dealkylation sites (tertiary alicyclic amines) is 1. The normalized spacial score (nSPS) is 17.7. The highest BCUT2D eigenvalue weighted by molar-refractivity contribution is 7.88. The van der Waals surface area contributed by atoms with Crippen molar-refractivity contribution in [3.05, 3.63) is 53.7 Å². The number of hydrogen-bond acceptors (Lipinski definition) is 4. The summed E-state index contributed by atoms with van der Waals surface area (Å²) >= 11 is 0. The molecule has 1 N–H and O–H groups in total. The molecule has 2 aromatic rings. The van der Waals surface area contributed by atoms with Crippen molar-refractivity contribution in [2.45, 2.75) is 19.8 Å². The summed E-state index contributed by atoms with van der Waals surface area (Å²) in [6, 6.07) is 13.6. The van der Waals surface area contributed by atoms with Gasteiger partial charge in [0.05, 0.1) is 23.2 Å². The molecule has 1 aliphatic heterocycles. The fourth-order valence-electron chi connectivity index (χ4n) is 3.41. The Morgan fingerprint density at radius 3 is 2.63 bits per heavy atom. The first-order valence-electron chi connectivity index (χ1n) is 9.10. The van der Waals surface area contributed by atoms with E-state index in [1.165, 1.54) is 0 Å². The van der Waals surface area contributed by atoms with E-state index in [1.54, 1.807) is 0 Å². The van der Waals surface area contributed by atoms with Crippen LogP contribution in [0.2, 0.25) is 0 Å². The number of pyridine rings is 1. The summed E-state index contributed by atoms with van der Waals surface area (Å²) in [7, 11) is -3.21. The molecule has 1 aromatic heterocycles. The zero-order valence-corrected chi connectivity index (χ0v) is 16.5. The number of nitrogens with one attached hydrogen (secondary N) is 1. The molecule has 0 aliphatic carbocycles. The van der Waals surface area contributed by atoms with Gasteiger partial charge in [-0.3, -0.25) is 9.78 Å². The summed E-state index contributed by atoms with van der Waals surface area (Å²) in [6.45, 7) is 3.47. The first-order chi connectivity index (χ1) is 12.8. The number of aromatic nitrogens is 1. The molecule has 3 rings (SSSR count). The molecule has 0 saturated carbocycles. The van der Waals surface area contributed by atoms with Gasteiger partial charge in [0.1, 0.15) is 0 Å². The topological polar surface area (TPSA) is 79.4 Å². The van der Waals surface area contributed by atoms with Crippen LogP contribution in [-0.4, -0.2) is 50.1 Å². The van der Waals surface area contributed by atoms with Crippen LogP contribution in [0.15, 0.2) is 42.5 Å². The van der Waals surface area contributed by atoms with Crippen molar-refractivity contribution in [1.82, 2.24) is 14.6 Å². The van der Waals surface area contributed by atoms with Crippen molar-refractivity contribution in [2.24, 2.45) is 5.92 Å². The summed E-state index contributed by atoms with van der Waals surface area (Å²) in [5.41, 5.74) is 3.17. The van der Waals surface area contributed by atoms with Crippen molar-refractivity contribution in [3.8, 4) is 11.3 Å². The fraction of sp³-hybridized carbons (Fsp3) is 0.400. The number of hydrogen-bond donors (Lipinski definition) is 1. The second-order valence-electron chi connectivity index (χ2n) is 7.08. The molecule has 0 bridgehead atoms. The average molecular weight is 388 g/mol. The first-order valence-corrected chi connectivity index (χ1v) is 11.0. The van der Waals surface area contributed by atoms with E-state index >= 15 is 0 Å². The smallest absolute Gasteiger partial charge is 0.255 e. The van der Waals surface area contributed by atoms with E-state index in [2.05, 4.69) is 9.71 Å². The van der Waals surface area contributed by atoms with Crippen molar-refractivity contribution in [3.63, 3.8) is 0 Å². The van der Waals surface area contributed by atoms with Gasteiger partial charge in [-0.15, -0.1) is 0 Å². The van der Waals surface area contributed by atoms with Crippen LogP contribution in [0.1, 0.15) is 28.9 Å². The summed E-state index contributed by atoms with van der Waals surface area (Å²) < 4.78 is 25.2. The molecule has 1 unspecified atom stereocenters. The monoisotopic (exact) mass is 387 g/mol. The van der Waals surface area contributed by atoms with Gasteiger partial charge < -0.3 is 4.90 Å². The molecule has 1 fully saturated rings. The Balaban J connectivity index is 1.71. The minimum Gasteiger partial charge on any atom is -0.338 e. The first kappa shape index (κ1) is 19.5. The molecule has 27 heavy (non-hydrogen) atoms. The highest BCUT2D eigenvalue weighted by atomic mass is 32.2. The number of piperidine rings is 1. The zero-order chi connectivity index (χ0) is 19.4. The molecule has 0 radical (unpaired) electrons. The predicted molar refractivity (Wildman–Crippen MR) is 106 cm³/mol. The van der Waals surface area contributed by atoms with E-state index < -0.39 is 10.0 Å². The van der Waals surface area contributed by atoms with E-state index in [-0.39, 0.29) is 11.8 Å². The van der Waals surface area contributed by atoms with Crippen LogP contribution in [0.5, 0.6) is 0 Å². The summed E-state index contributed by atoms with van der Waals surface area (Å²) in [6.07, 6.45) is 2.94. The van der Waals surface area contributed by atoms with E-state index in [0.717, 1.165) is 30.4 Å². The predicted octanol–water partition coefficient (Wildman–Crippen LogP) is 2.46. The summed E-state index contributed by atoms with van der Waals surface area (Å²) in [5, 5.41) is 0. The average Bonchev–Trinajstić information content (AvgIpc) is 2.66. The fourth-order valence-corrected chi connectivity index (χ4v) is 3.95. The molecule has 1 atom stereocenters. The summed E-state index contributed by atoms with van der Waals surface area (Å²) in [5.74, 6) is 0.0953. The highest BCUT2D eigenvalue weighted by Gasteiger charge is 2.26. The molecule has 1 saturated heterocycles. The van der Waals surface area contributed by atoms with Gasteiger partial charge in [0.15, 0.2) is 0 Å². The minimum atomic E-state index is -3.21. The number of aryl methyl sites for hydroxylation is 1. The van der Waals surface area contributed by atoms with Crippen LogP contribution in [0.4, 0.5) is 0 Å².